The van der Waals surface area contributed by atoms with E-state index in [9.17, 15) is 8.42 Å². The minimum atomic E-state index is -3.56. The number of benzene rings is 1. The topological polar surface area (TPSA) is 111 Å². The van der Waals surface area contributed by atoms with Crippen molar-refractivity contribution >= 4 is 15.7 Å². The highest BCUT2D eigenvalue weighted by Crippen LogP contribution is 2.12. The van der Waals surface area contributed by atoms with Gasteiger partial charge < -0.3 is 10.3 Å². The Hall–Kier alpha value is -1.93. The second-order valence-corrected chi connectivity index (χ2v) is 5.72. The Morgan fingerprint density at radius 3 is 2.84 bits per heavy atom. The van der Waals surface area contributed by atoms with E-state index in [-0.39, 0.29) is 11.4 Å². The summed E-state index contributed by atoms with van der Waals surface area (Å²) >= 11 is 0. The zero-order valence-electron chi connectivity index (χ0n) is 10.3. The summed E-state index contributed by atoms with van der Waals surface area (Å²) in [4.78, 5) is 4.12. The number of rotatable bonds is 5. The van der Waals surface area contributed by atoms with Crippen molar-refractivity contribution in [3.05, 3.63) is 36.0 Å². The van der Waals surface area contributed by atoms with Crippen LogP contribution in [0.4, 0.5) is 5.69 Å². The lowest BCUT2D eigenvalue weighted by Crippen LogP contribution is -2.26. The zero-order chi connectivity index (χ0) is 13.9. The Kier molecular flexibility index (Phi) is 3.82. The van der Waals surface area contributed by atoms with Crippen LogP contribution in [0.1, 0.15) is 11.7 Å². The van der Waals surface area contributed by atoms with Crippen molar-refractivity contribution in [1.82, 2.24) is 14.9 Å². The molecule has 2 rings (SSSR count). The fourth-order valence-corrected chi connectivity index (χ4v) is 2.59. The molecule has 0 saturated heterocycles. The first-order chi connectivity index (χ1) is 8.97. The second-order valence-electron chi connectivity index (χ2n) is 3.95. The number of hydrogen-bond acceptors (Lipinski definition) is 6. The lowest BCUT2D eigenvalue weighted by atomic mass is 10.3. The monoisotopic (exact) mass is 282 g/mol. The van der Waals surface area contributed by atoms with Gasteiger partial charge in [0.1, 0.15) is 0 Å². The third kappa shape index (κ3) is 3.52. The van der Waals surface area contributed by atoms with Gasteiger partial charge >= 0.3 is 0 Å². The number of nitrogens with two attached hydrogens (primary N) is 1. The number of hydrogen-bond donors (Lipinski definition) is 2. The predicted molar refractivity (Wildman–Crippen MR) is 68.8 cm³/mol. The molecule has 0 atom stereocenters. The molecule has 0 bridgehead atoms. The molecule has 0 spiro atoms. The summed E-state index contributed by atoms with van der Waals surface area (Å²) in [5, 5.41) is 3.68. The van der Waals surface area contributed by atoms with Crippen LogP contribution < -0.4 is 10.5 Å². The van der Waals surface area contributed by atoms with Crippen LogP contribution in [0, 0.1) is 6.92 Å². The summed E-state index contributed by atoms with van der Waals surface area (Å²) in [5.74, 6) is 0.918. The van der Waals surface area contributed by atoms with Crippen molar-refractivity contribution in [2.45, 2.75) is 18.2 Å². The van der Waals surface area contributed by atoms with Crippen molar-refractivity contribution in [3.63, 3.8) is 0 Å². The van der Waals surface area contributed by atoms with E-state index >= 15 is 0 Å². The number of aryl methyl sites for hydroxylation is 1. The van der Waals surface area contributed by atoms with E-state index in [4.69, 9.17) is 10.3 Å². The minimum Gasteiger partial charge on any atom is -0.399 e. The Morgan fingerprint density at radius 2 is 2.21 bits per heavy atom. The molecule has 0 unspecified atom stereocenters. The molecule has 1 heterocycles. The molecule has 0 fully saturated rings. The highest BCUT2D eigenvalue weighted by atomic mass is 32.2. The molecule has 8 heteroatoms. The fourth-order valence-electron chi connectivity index (χ4n) is 1.51. The maximum absolute atomic E-state index is 11.9. The number of nitrogens with zero attached hydrogens (tertiary/aromatic N) is 2. The van der Waals surface area contributed by atoms with Crippen molar-refractivity contribution < 1.29 is 12.9 Å². The molecule has 1 aromatic carbocycles. The summed E-state index contributed by atoms with van der Waals surface area (Å²) < 4.78 is 31.1. The standard InChI is InChI=1S/C11H14N4O3S/c1-8-14-11(15-18-8)5-6-13-19(16,17)10-4-2-3-9(12)7-10/h2-4,7,13H,5-6,12H2,1H3. The van der Waals surface area contributed by atoms with Crippen molar-refractivity contribution in [2.24, 2.45) is 0 Å². The van der Waals surface area contributed by atoms with E-state index < -0.39 is 10.0 Å². The molecule has 0 aliphatic carbocycles. The molecule has 3 N–H and O–H groups in total. The molecule has 0 amide bonds. The minimum absolute atomic E-state index is 0.136. The largest absolute Gasteiger partial charge is 0.399 e. The van der Waals surface area contributed by atoms with Crippen LogP contribution in [0.25, 0.3) is 0 Å². The smallest absolute Gasteiger partial charge is 0.240 e. The Morgan fingerprint density at radius 1 is 1.42 bits per heavy atom. The predicted octanol–water partition coefficient (Wildman–Crippen LogP) is 0.481. The Balaban J connectivity index is 1.98. The first-order valence-electron chi connectivity index (χ1n) is 5.62. The summed E-state index contributed by atoms with van der Waals surface area (Å²) in [7, 11) is -3.56. The van der Waals surface area contributed by atoms with Crippen LogP contribution in [0.3, 0.4) is 0 Å². The number of anilines is 1. The van der Waals surface area contributed by atoms with Gasteiger partial charge in [-0.25, -0.2) is 13.1 Å². The maximum atomic E-state index is 11.9. The Labute approximate surface area is 110 Å². The lowest BCUT2D eigenvalue weighted by molar-refractivity contribution is 0.387. The van der Waals surface area contributed by atoms with E-state index in [1.54, 1.807) is 19.1 Å². The molecule has 7 nitrogen and oxygen atoms in total. The van der Waals surface area contributed by atoms with Gasteiger partial charge in [-0.05, 0) is 18.2 Å². The van der Waals surface area contributed by atoms with E-state index in [1.165, 1.54) is 12.1 Å². The first-order valence-corrected chi connectivity index (χ1v) is 7.10. The molecule has 0 aliphatic heterocycles. The van der Waals surface area contributed by atoms with Gasteiger partial charge in [0.05, 0.1) is 4.90 Å². The van der Waals surface area contributed by atoms with Gasteiger partial charge in [0.25, 0.3) is 0 Å². The van der Waals surface area contributed by atoms with Crippen LogP contribution >= 0.6 is 0 Å². The quantitative estimate of drug-likeness (QED) is 0.772. The molecule has 102 valence electrons. The third-order valence-corrected chi connectivity index (χ3v) is 3.84. The summed E-state index contributed by atoms with van der Waals surface area (Å²) in [6.45, 7) is 1.86. The molecule has 0 saturated carbocycles. The van der Waals surface area contributed by atoms with Gasteiger partial charge in [0.2, 0.25) is 15.9 Å². The van der Waals surface area contributed by atoms with Crippen LogP contribution in [0.2, 0.25) is 0 Å². The molecular weight excluding hydrogens is 268 g/mol. The van der Waals surface area contributed by atoms with Gasteiger partial charge in [0, 0.05) is 25.6 Å². The number of aromatic nitrogens is 2. The molecule has 2 aromatic rings. The second kappa shape index (κ2) is 5.37. The molecule has 19 heavy (non-hydrogen) atoms. The van der Waals surface area contributed by atoms with Gasteiger partial charge in [-0.15, -0.1) is 0 Å². The zero-order valence-corrected chi connectivity index (χ0v) is 11.1. The number of sulfonamides is 1. The summed E-state index contributed by atoms with van der Waals surface area (Å²) in [6, 6.07) is 6.10. The van der Waals surface area contributed by atoms with E-state index in [1.807, 2.05) is 0 Å². The van der Waals surface area contributed by atoms with E-state index in [0.717, 1.165) is 0 Å². The highest BCUT2D eigenvalue weighted by Gasteiger charge is 2.14. The van der Waals surface area contributed by atoms with E-state index in [2.05, 4.69) is 14.9 Å². The average molecular weight is 282 g/mol. The number of nitrogen functional groups attached to an aromatic ring is 1. The van der Waals surface area contributed by atoms with Gasteiger partial charge in [-0.1, -0.05) is 11.2 Å². The van der Waals surface area contributed by atoms with Gasteiger partial charge in [-0.2, -0.15) is 4.98 Å². The van der Waals surface area contributed by atoms with Crippen LogP contribution in [0.5, 0.6) is 0 Å². The van der Waals surface area contributed by atoms with Crippen LogP contribution in [-0.4, -0.2) is 25.1 Å². The fraction of sp³-hybridized carbons (Fsp3) is 0.273. The SMILES string of the molecule is Cc1nc(CCNS(=O)(=O)c2cccc(N)c2)no1. The summed E-state index contributed by atoms with van der Waals surface area (Å²) in [5.41, 5.74) is 5.95. The maximum Gasteiger partial charge on any atom is 0.240 e. The molecular formula is C11H14N4O3S. The molecule has 0 aliphatic rings. The van der Waals surface area contributed by atoms with Crippen LogP contribution in [-0.2, 0) is 16.4 Å². The van der Waals surface area contributed by atoms with Crippen molar-refractivity contribution in [3.8, 4) is 0 Å². The number of nitrogens with one attached hydrogen (secondary N) is 1. The first kappa shape index (κ1) is 13.5. The molecule has 1 aromatic heterocycles. The van der Waals surface area contributed by atoms with Crippen molar-refractivity contribution in [2.75, 3.05) is 12.3 Å². The highest BCUT2D eigenvalue weighted by molar-refractivity contribution is 7.89. The summed E-state index contributed by atoms with van der Waals surface area (Å²) in [6.07, 6.45) is 0.360. The van der Waals surface area contributed by atoms with Crippen LogP contribution in [0.15, 0.2) is 33.7 Å². The lowest BCUT2D eigenvalue weighted by Gasteiger charge is -2.05. The van der Waals surface area contributed by atoms with E-state index in [0.29, 0.717) is 23.8 Å². The van der Waals surface area contributed by atoms with Crippen molar-refractivity contribution in [1.29, 1.82) is 0 Å². The third-order valence-electron chi connectivity index (χ3n) is 2.38. The van der Waals surface area contributed by atoms with Gasteiger partial charge in [-0.3, -0.25) is 0 Å². The normalized spacial score (nSPS) is 11.6. The average Bonchev–Trinajstić information content (AvgIpc) is 2.75. The van der Waals surface area contributed by atoms with Gasteiger partial charge in [0.15, 0.2) is 5.82 Å². The molecule has 0 radical (unpaired) electrons. The Bertz CT molecular complexity index is 666.